The van der Waals surface area contributed by atoms with Crippen molar-refractivity contribution in [2.45, 2.75) is 6.92 Å². The van der Waals surface area contributed by atoms with E-state index in [2.05, 4.69) is 10.3 Å². The maximum atomic E-state index is 11.3. The minimum absolute atomic E-state index is 0.153. The molecule has 6 heteroatoms. The number of nitro groups is 1. The number of hydrogen-bond acceptors (Lipinski definition) is 4. The Labute approximate surface area is 80.1 Å². The summed E-state index contributed by atoms with van der Waals surface area (Å²) in [4.78, 5) is 24.8. The third-order valence-electron chi connectivity index (χ3n) is 1.54. The van der Waals surface area contributed by atoms with Gasteiger partial charge in [-0.15, -0.1) is 0 Å². The number of nitrogens with one attached hydrogen (secondary N) is 1. The van der Waals surface area contributed by atoms with Gasteiger partial charge in [-0.3, -0.25) is 14.9 Å². The van der Waals surface area contributed by atoms with E-state index in [1.54, 1.807) is 6.92 Å². The Balaban J connectivity index is 3.07. The normalized spacial score (nSPS) is 9.50. The minimum atomic E-state index is -0.627. The number of hydrogen-bond donors (Lipinski definition) is 1. The molecule has 1 aromatic rings. The van der Waals surface area contributed by atoms with Gasteiger partial charge >= 0.3 is 5.69 Å². The van der Waals surface area contributed by atoms with Crippen molar-refractivity contribution in [2.75, 3.05) is 6.54 Å². The van der Waals surface area contributed by atoms with Crippen LogP contribution in [0.5, 0.6) is 0 Å². The molecule has 0 spiro atoms. The number of carbonyl (C=O) groups is 1. The van der Waals surface area contributed by atoms with E-state index in [1.807, 2.05) is 0 Å². The van der Waals surface area contributed by atoms with E-state index in [0.717, 1.165) is 0 Å². The van der Waals surface area contributed by atoms with Crippen molar-refractivity contribution in [1.29, 1.82) is 0 Å². The van der Waals surface area contributed by atoms with Crippen LogP contribution in [0.2, 0.25) is 0 Å². The lowest BCUT2D eigenvalue weighted by Gasteiger charge is -2.00. The molecule has 0 atom stereocenters. The van der Waals surface area contributed by atoms with E-state index in [9.17, 15) is 14.9 Å². The van der Waals surface area contributed by atoms with Crippen LogP contribution in [0.3, 0.4) is 0 Å². The van der Waals surface area contributed by atoms with E-state index in [0.29, 0.717) is 6.54 Å². The molecule has 1 N–H and O–H groups in total. The van der Waals surface area contributed by atoms with Gasteiger partial charge in [0, 0.05) is 18.8 Å². The van der Waals surface area contributed by atoms with Gasteiger partial charge < -0.3 is 5.32 Å². The van der Waals surface area contributed by atoms with Crippen LogP contribution in [0, 0.1) is 10.1 Å². The van der Waals surface area contributed by atoms with E-state index in [-0.39, 0.29) is 11.4 Å². The van der Waals surface area contributed by atoms with Crippen LogP contribution in [-0.4, -0.2) is 22.4 Å². The smallest absolute Gasteiger partial charge is 0.300 e. The molecule has 1 amide bonds. The first-order valence-electron chi connectivity index (χ1n) is 4.04. The molecule has 1 heterocycles. The lowest BCUT2D eigenvalue weighted by molar-refractivity contribution is -0.385. The molecule has 0 aromatic carbocycles. The predicted octanol–water partition coefficient (Wildman–Crippen LogP) is 0.740. The van der Waals surface area contributed by atoms with Gasteiger partial charge in [-0.25, -0.2) is 4.98 Å². The van der Waals surface area contributed by atoms with Crippen LogP contribution in [0.15, 0.2) is 18.3 Å². The zero-order valence-electron chi connectivity index (χ0n) is 7.56. The number of amides is 1. The van der Waals surface area contributed by atoms with Crippen molar-refractivity contribution in [1.82, 2.24) is 10.3 Å². The summed E-state index contributed by atoms with van der Waals surface area (Å²) in [5.74, 6) is -0.528. The highest BCUT2D eigenvalue weighted by Gasteiger charge is 2.19. The first kappa shape index (κ1) is 10.1. The highest BCUT2D eigenvalue weighted by molar-refractivity contribution is 5.95. The second kappa shape index (κ2) is 4.31. The zero-order chi connectivity index (χ0) is 10.6. The van der Waals surface area contributed by atoms with Crippen molar-refractivity contribution in [3.63, 3.8) is 0 Å². The molecule has 74 valence electrons. The number of pyridine rings is 1. The molecule has 1 rings (SSSR count). The second-order valence-corrected chi connectivity index (χ2v) is 2.49. The average molecular weight is 195 g/mol. The van der Waals surface area contributed by atoms with Crippen molar-refractivity contribution < 1.29 is 9.72 Å². The van der Waals surface area contributed by atoms with Crippen LogP contribution in [0.4, 0.5) is 5.69 Å². The first-order valence-corrected chi connectivity index (χ1v) is 4.04. The molecule has 0 unspecified atom stereocenters. The molecule has 0 radical (unpaired) electrons. The Morgan fingerprint density at radius 3 is 3.00 bits per heavy atom. The van der Waals surface area contributed by atoms with E-state index < -0.39 is 10.8 Å². The summed E-state index contributed by atoms with van der Waals surface area (Å²) < 4.78 is 0. The summed E-state index contributed by atoms with van der Waals surface area (Å²) in [6.45, 7) is 2.14. The van der Waals surface area contributed by atoms with Crippen LogP contribution < -0.4 is 5.32 Å². The van der Waals surface area contributed by atoms with E-state index >= 15 is 0 Å². The van der Waals surface area contributed by atoms with Crippen LogP contribution in [-0.2, 0) is 0 Å². The number of carbonyl (C=O) groups excluding carboxylic acids is 1. The molecule has 6 nitrogen and oxygen atoms in total. The third-order valence-corrected chi connectivity index (χ3v) is 1.54. The maximum absolute atomic E-state index is 11.3. The molecule has 1 aromatic heterocycles. The van der Waals surface area contributed by atoms with Gasteiger partial charge in [0.1, 0.15) is 0 Å². The fourth-order valence-electron chi connectivity index (χ4n) is 0.963. The van der Waals surface area contributed by atoms with Crippen molar-refractivity contribution >= 4 is 11.6 Å². The van der Waals surface area contributed by atoms with Gasteiger partial charge in [-0.1, -0.05) is 0 Å². The predicted molar refractivity (Wildman–Crippen MR) is 48.9 cm³/mol. The van der Waals surface area contributed by atoms with Gasteiger partial charge in [0.05, 0.1) is 4.92 Å². The number of nitrogens with zero attached hydrogens (tertiary/aromatic N) is 2. The maximum Gasteiger partial charge on any atom is 0.300 e. The standard InChI is InChI=1S/C8H9N3O3/c1-2-9-8(12)7-6(11(13)14)4-3-5-10-7/h3-5H,2H2,1H3,(H,9,12). The largest absolute Gasteiger partial charge is 0.351 e. The van der Waals surface area contributed by atoms with Gasteiger partial charge in [-0.2, -0.15) is 0 Å². The topological polar surface area (TPSA) is 85.1 Å². The minimum Gasteiger partial charge on any atom is -0.351 e. The molecule has 0 saturated heterocycles. The Hall–Kier alpha value is -1.98. The van der Waals surface area contributed by atoms with Crippen LogP contribution in [0.1, 0.15) is 17.4 Å². The highest BCUT2D eigenvalue weighted by Crippen LogP contribution is 2.14. The van der Waals surface area contributed by atoms with Gasteiger partial charge in [0.25, 0.3) is 5.91 Å². The number of aromatic nitrogens is 1. The van der Waals surface area contributed by atoms with Gasteiger partial charge in [0.2, 0.25) is 5.69 Å². The zero-order valence-corrected chi connectivity index (χ0v) is 7.56. The summed E-state index contributed by atoms with van der Waals surface area (Å²) in [5, 5.41) is 13.0. The Morgan fingerprint density at radius 2 is 2.43 bits per heavy atom. The van der Waals surface area contributed by atoms with Crippen LogP contribution in [0.25, 0.3) is 0 Å². The summed E-state index contributed by atoms with van der Waals surface area (Å²) in [6.07, 6.45) is 1.34. The SMILES string of the molecule is CCNC(=O)c1ncccc1[N+](=O)[O-]. The average Bonchev–Trinajstić information content (AvgIpc) is 2.18. The van der Waals surface area contributed by atoms with E-state index in [1.165, 1.54) is 18.3 Å². The molecule has 0 aliphatic rings. The van der Waals surface area contributed by atoms with Crippen LogP contribution >= 0.6 is 0 Å². The summed E-state index contributed by atoms with van der Waals surface area (Å²) in [6, 6.07) is 2.67. The quantitative estimate of drug-likeness (QED) is 0.569. The fraction of sp³-hybridized carbons (Fsp3) is 0.250. The van der Waals surface area contributed by atoms with Crippen molar-refractivity contribution in [2.24, 2.45) is 0 Å². The van der Waals surface area contributed by atoms with Gasteiger partial charge in [-0.05, 0) is 13.0 Å². The molecule has 0 aliphatic heterocycles. The molecule has 0 fully saturated rings. The highest BCUT2D eigenvalue weighted by atomic mass is 16.6. The van der Waals surface area contributed by atoms with Gasteiger partial charge in [0.15, 0.2) is 0 Å². The summed E-state index contributed by atoms with van der Waals surface area (Å²) in [7, 11) is 0. The Morgan fingerprint density at radius 1 is 1.71 bits per heavy atom. The second-order valence-electron chi connectivity index (χ2n) is 2.49. The molecule has 14 heavy (non-hydrogen) atoms. The van der Waals surface area contributed by atoms with Crippen molar-refractivity contribution in [3.05, 3.63) is 34.1 Å². The summed E-state index contributed by atoms with van der Waals surface area (Å²) >= 11 is 0. The lowest BCUT2D eigenvalue weighted by Crippen LogP contribution is -2.24. The molecule has 0 aliphatic carbocycles. The monoisotopic (exact) mass is 195 g/mol. The lowest BCUT2D eigenvalue weighted by atomic mass is 10.3. The Kier molecular flexibility index (Phi) is 3.11. The molecule has 0 bridgehead atoms. The number of rotatable bonds is 3. The third kappa shape index (κ3) is 2.03. The van der Waals surface area contributed by atoms with Crippen molar-refractivity contribution in [3.8, 4) is 0 Å². The molecular formula is C8H9N3O3. The Bertz CT molecular complexity index is 365. The summed E-state index contributed by atoms with van der Waals surface area (Å²) in [5.41, 5.74) is -0.433. The van der Waals surface area contributed by atoms with E-state index in [4.69, 9.17) is 0 Å². The first-order chi connectivity index (χ1) is 6.66. The fourth-order valence-corrected chi connectivity index (χ4v) is 0.963. The molecule has 0 saturated carbocycles. The molecular weight excluding hydrogens is 186 g/mol.